The van der Waals surface area contributed by atoms with Gasteiger partial charge in [0.25, 0.3) is 0 Å². The minimum atomic E-state index is -1.00. The van der Waals surface area contributed by atoms with Gasteiger partial charge in [-0.05, 0) is 68.3 Å². The largest absolute Gasteiger partial charge is 0.478 e. The zero-order chi connectivity index (χ0) is 24.9. The monoisotopic (exact) mass is 479 g/mol. The second-order valence-electron chi connectivity index (χ2n) is 10.0. The van der Waals surface area contributed by atoms with E-state index in [1.165, 1.54) is 12.1 Å². The average Bonchev–Trinajstić information content (AvgIpc) is 3.33. The average molecular weight is 480 g/mol. The summed E-state index contributed by atoms with van der Waals surface area (Å²) in [5, 5.41) is 10.1. The topological polar surface area (TPSA) is 75.0 Å². The van der Waals surface area contributed by atoms with Crippen molar-refractivity contribution in [2.24, 2.45) is 0 Å². The van der Waals surface area contributed by atoms with Gasteiger partial charge in [0.05, 0.1) is 17.6 Å². The van der Waals surface area contributed by atoms with Crippen LogP contribution in [0.1, 0.15) is 54.2 Å². The van der Waals surface area contributed by atoms with Gasteiger partial charge >= 0.3 is 12.1 Å². The van der Waals surface area contributed by atoms with Crippen LogP contribution in [0.25, 0.3) is 10.9 Å². The van der Waals surface area contributed by atoms with Crippen LogP contribution in [0, 0.1) is 12.7 Å². The Balaban J connectivity index is 1.29. The molecule has 7 nitrogen and oxygen atoms in total. The minimum absolute atomic E-state index is 0.179. The number of ether oxygens (including phenoxy) is 1. The molecule has 2 aliphatic heterocycles. The molecule has 1 amide bonds. The van der Waals surface area contributed by atoms with Crippen LogP contribution >= 0.6 is 0 Å². The number of rotatable bonds is 5. The van der Waals surface area contributed by atoms with Crippen molar-refractivity contribution in [3.63, 3.8) is 0 Å². The van der Waals surface area contributed by atoms with Gasteiger partial charge in [-0.15, -0.1) is 0 Å². The molecular formula is C27H30FN3O4. The van der Waals surface area contributed by atoms with Gasteiger partial charge in [-0.2, -0.15) is 0 Å². The lowest BCUT2D eigenvalue weighted by Crippen LogP contribution is -2.46. The summed E-state index contributed by atoms with van der Waals surface area (Å²) >= 11 is 0. The highest BCUT2D eigenvalue weighted by Crippen LogP contribution is 2.37. The zero-order valence-corrected chi connectivity index (χ0v) is 20.3. The van der Waals surface area contributed by atoms with Gasteiger partial charge in [0.15, 0.2) is 0 Å². The van der Waals surface area contributed by atoms with E-state index in [0.29, 0.717) is 31.6 Å². The number of likely N-dealkylation sites (tertiary alicyclic amines) is 1. The van der Waals surface area contributed by atoms with E-state index in [1.807, 2.05) is 6.92 Å². The van der Waals surface area contributed by atoms with Gasteiger partial charge in [-0.1, -0.05) is 0 Å². The fourth-order valence-electron chi connectivity index (χ4n) is 5.38. The fourth-order valence-corrected chi connectivity index (χ4v) is 5.38. The second-order valence-corrected chi connectivity index (χ2v) is 10.0. The molecule has 1 N–H and O–H groups in total. The first-order valence-corrected chi connectivity index (χ1v) is 12.0. The van der Waals surface area contributed by atoms with E-state index in [-0.39, 0.29) is 17.4 Å². The SMILES string of the molecule is Cc1cc(F)cc2c(CN3CCC4(CC3)CN(c3ccc(C(=O)O)cc3)C(=O)O4)cn(C(C)C)c12. The van der Waals surface area contributed by atoms with Crippen LogP contribution in [-0.4, -0.2) is 51.9 Å². The Hall–Kier alpha value is -3.39. The summed E-state index contributed by atoms with van der Waals surface area (Å²) in [7, 11) is 0. The first-order chi connectivity index (χ1) is 16.7. The van der Waals surface area contributed by atoms with Crippen LogP contribution in [0.2, 0.25) is 0 Å². The molecule has 0 atom stereocenters. The van der Waals surface area contributed by atoms with Crippen LogP contribution in [0.15, 0.2) is 42.6 Å². The van der Waals surface area contributed by atoms with Crippen molar-refractivity contribution in [2.45, 2.75) is 51.8 Å². The standard InChI is InChI=1S/C27H30FN3O4/c1-17(2)30-15-20(23-13-21(28)12-18(3)24(23)30)14-29-10-8-27(9-11-29)16-31(26(34)35-27)22-6-4-19(5-7-22)25(32)33/h4-7,12-13,15,17H,8-11,14,16H2,1-3H3,(H,32,33). The Kier molecular flexibility index (Phi) is 5.79. The highest BCUT2D eigenvalue weighted by Gasteiger charge is 2.47. The summed E-state index contributed by atoms with van der Waals surface area (Å²) in [4.78, 5) is 27.7. The van der Waals surface area contributed by atoms with Crippen molar-refractivity contribution < 1.29 is 23.8 Å². The normalized spacial score (nSPS) is 18.1. The minimum Gasteiger partial charge on any atom is -0.478 e. The van der Waals surface area contributed by atoms with E-state index in [1.54, 1.807) is 29.2 Å². The maximum atomic E-state index is 14.2. The molecule has 0 aliphatic carbocycles. The molecule has 2 saturated heterocycles. The maximum absolute atomic E-state index is 14.2. The number of carboxylic acid groups (broad SMARTS) is 1. The highest BCUT2D eigenvalue weighted by atomic mass is 19.1. The molecule has 2 fully saturated rings. The molecule has 1 spiro atoms. The predicted octanol–water partition coefficient (Wildman–Crippen LogP) is 5.36. The number of hydrogen-bond donors (Lipinski definition) is 1. The van der Waals surface area contributed by atoms with Gasteiger partial charge in [-0.25, -0.2) is 14.0 Å². The van der Waals surface area contributed by atoms with Crippen molar-refractivity contribution in [2.75, 3.05) is 24.5 Å². The van der Waals surface area contributed by atoms with Crippen LogP contribution in [0.5, 0.6) is 0 Å². The van der Waals surface area contributed by atoms with E-state index in [4.69, 9.17) is 9.84 Å². The molecule has 0 saturated carbocycles. The van der Waals surface area contributed by atoms with Crippen molar-refractivity contribution in [1.82, 2.24) is 9.47 Å². The number of aryl methyl sites for hydroxylation is 1. The molecule has 1 aromatic heterocycles. The summed E-state index contributed by atoms with van der Waals surface area (Å²) in [5.74, 6) is -1.22. The van der Waals surface area contributed by atoms with Gasteiger partial charge in [0, 0.05) is 55.8 Å². The zero-order valence-electron chi connectivity index (χ0n) is 20.3. The first kappa shape index (κ1) is 23.4. The van der Waals surface area contributed by atoms with Crippen molar-refractivity contribution in [1.29, 1.82) is 0 Å². The Labute approximate surface area is 203 Å². The van der Waals surface area contributed by atoms with E-state index < -0.39 is 17.7 Å². The number of aromatic carboxylic acids is 1. The van der Waals surface area contributed by atoms with E-state index in [2.05, 4.69) is 29.5 Å². The molecule has 0 radical (unpaired) electrons. The van der Waals surface area contributed by atoms with Crippen LogP contribution in [-0.2, 0) is 11.3 Å². The van der Waals surface area contributed by atoms with Crippen LogP contribution < -0.4 is 4.90 Å². The van der Waals surface area contributed by atoms with Gasteiger partial charge < -0.3 is 14.4 Å². The highest BCUT2D eigenvalue weighted by molar-refractivity contribution is 5.92. The lowest BCUT2D eigenvalue weighted by Gasteiger charge is -2.37. The Morgan fingerprint density at radius 2 is 1.86 bits per heavy atom. The molecule has 8 heteroatoms. The molecule has 3 aromatic rings. The van der Waals surface area contributed by atoms with E-state index in [9.17, 15) is 14.0 Å². The van der Waals surface area contributed by atoms with Gasteiger partial charge in [-0.3, -0.25) is 9.80 Å². The number of amides is 1. The molecular weight excluding hydrogens is 449 g/mol. The number of aromatic nitrogens is 1. The third kappa shape index (κ3) is 4.27. The second kappa shape index (κ2) is 8.68. The van der Waals surface area contributed by atoms with Crippen LogP contribution in [0.3, 0.4) is 0 Å². The van der Waals surface area contributed by atoms with E-state index >= 15 is 0 Å². The molecule has 0 bridgehead atoms. The number of halogens is 1. The number of hydrogen-bond acceptors (Lipinski definition) is 4. The first-order valence-electron chi connectivity index (χ1n) is 12.0. The van der Waals surface area contributed by atoms with Crippen molar-refractivity contribution >= 4 is 28.7 Å². The maximum Gasteiger partial charge on any atom is 0.415 e. The van der Waals surface area contributed by atoms with Crippen molar-refractivity contribution in [3.8, 4) is 0 Å². The molecule has 0 unspecified atom stereocenters. The molecule has 2 aliphatic rings. The third-order valence-corrected chi connectivity index (χ3v) is 7.28. The van der Waals surface area contributed by atoms with E-state index in [0.717, 1.165) is 35.1 Å². The lowest BCUT2D eigenvalue weighted by molar-refractivity contribution is -0.000898. The summed E-state index contributed by atoms with van der Waals surface area (Å²) in [5.41, 5.74) is 3.39. The number of carbonyl (C=O) groups excluding carboxylic acids is 1. The number of piperidine rings is 1. The fraction of sp³-hybridized carbons (Fsp3) is 0.407. The summed E-state index contributed by atoms with van der Waals surface area (Å²) < 4.78 is 22.3. The molecule has 2 aromatic carbocycles. The Morgan fingerprint density at radius 1 is 1.17 bits per heavy atom. The summed E-state index contributed by atoms with van der Waals surface area (Å²) in [6, 6.07) is 9.77. The van der Waals surface area contributed by atoms with Crippen LogP contribution in [0.4, 0.5) is 14.9 Å². The summed E-state index contributed by atoms with van der Waals surface area (Å²) in [6.45, 7) is 8.91. The number of carboxylic acids is 1. The van der Waals surface area contributed by atoms with Crippen molar-refractivity contribution in [3.05, 3.63) is 65.1 Å². The molecule has 35 heavy (non-hydrogen) atoms. The number of nitrogens with zero attached hydrogens (tertiary/aromatic N) is 3. The third-order valence-electron chi connectivity index (χ3n) is 7.28. The number of carbonyl (C=O) groups is 2. The molecule has 184 valence electrons. The number of fused-ring (bicyclic) bond motifs is 1. The smallest absolute Gasteiger partial charge is 0.415 e. The summed E-state index contributed by atoms with van der Waals surface area (Å²) in [6.07, 6.45) is 3.16. The molecule has 3 heterocycles. The lowest BCUT2D eigenvalue weighted by atomic mass is 9.91. The molecule has 5 rings (SSSR count). The quantitative estimate of drug-likeness (QED) is 0.533. The Morgan fingerprint density at radius 3 is 2.49 bits per heavy atom. The Bertz CT molecular complexity index is 1290. The van der Waals surface area contributed by atoms with Gasteiger partial charge in [0.2, 0.25) is 0 Å². The number of anilines is 1. The number of benzene rings is 2. The van der Waals surface area contributed by atoms with Gasteiger partial charge in [0.1, 0.15) is 11.4 Å². The predicted molar refractivity (Wildman–Crippen MR) is 131 cm³/mol.